The predicted molar refractivity (Wildman–Crippen MR) is 139 cm³/mol. The lowest BCUT2D eigenvalue weighted by molar-refractivity contribution is -0.118. The number of halogens is 2. The maximum absolute atomic E-state index is 12.1. The summed E-state index contributed by atoms with van der Waals surface area (Å²) in [5.74, 6) is 0.985. The van der Waals surface area contributed by atoms with Crippen LogP contribution in [0.4, 0.5) is 0 Å². The fourth-order valence-electron chi connectivity index (χ4n) is 3.03. The maximum atomic E-state index is 12.1. The summed E-state index contributed by atoms with van der Waals surface area (Å²) in [5.41, 5.74) is 5.56. The monoisotopic (exact) mass is 529 g/mol. The lowest BCUT2D eigenvalue weighted by Gasteiger charge is -2.13. The molecule has 0 aliphatic rings. The Hall–Kier alpha value is -3.20. The molecule has 0 atom stereocenters. The van der Waals surface area contributed by atoms with Gasteiger partial charge in [-0.25, -0.2) is 10.4 Å². The highest BCUT2D eigenvalue weighted by atomic mass is 35.5. The van der Waals surface area contributed by atoms with Gasteiger partial charge in [0.2, 0.25) is 0 Å². The van der Waals surface area contributed by atoms with E-state index in [4.69, 9.17) is 37.1 Å². The summed E-state index contributed by atoms with van der Waals surface area (Å²) in [6.45, 7) is 2.66. The largest absolute Gasteiger partial charge is 0.490 e. The number of benzene rings is 3. The van der Waals surface area contributed by atoms with Crippen LogP contribution in [-0.2, 0) is 11.4 Å². The fraction of sp³-hybridized carbons (Fsp3) is 0.160. The second kappa shape index (κ2) is 12.0. The van der Waals surface area contributed by atoms with Crippen molar-refractivity contribution < 1.29 is 18.7 Å². The van der Waals surface area contributed by atoms with E-state index in [1.165, 1.54) is 18.0 Å². The number of carbonyl (C=O) groups is 1. The van der Waals surface area contributed by atoms with Crippen molar-refractivity contribution in [1.82, 2.24) is 10.4 Å². The summed E-state index contributed by atoms with van der Waals surface area (Å²) in [6.07, 6.45) is 1.53. The number of nitrogens with zero attached hydrogens (tertiary/aromatic N) is 2. The molecule has 1 amide bonds. The molecule has 0 spiro atoms. The molecule has 0 aliphatic carbocycles. The number of hydrogen-bond acceptors (Lipinski definition) is 7. The zero-order chi connectivity index (χ0) is 24.6. The minimum atomic E-state index is -0.278. The molecule has 0 aliphatic heterocycles. The van der Waals surface area contributed by atoms with Gasteiger partial charge in [-0.05, 0) is 60.5 Å². The van der Waals surface area contributed by atoms with E-state index in [0.717, 1.165) is 16.6 Å². The molecule has 0 unspecified atom stereocenters. The Morgan fingerprint density at radius 3 is 2.74 bits per heavy atom. The second-order valence-corrected chi connectivity index (χ2v) is 8.95. The van der Waals surface area contributed by atoms with Crippen molar-refractivity contribution >= 4 is 58.2 Å². The van der Waals surface area contributed by atoms with E-state index >= 15 is 0 Å². The van der Waals surface area contributed by atoms with Crippen LogP contribution in [0.5, 0.6) is 11.5 Å². The second-order valence-electron chi connectivity index (χ2n) is 7.21. The van der Waals surface area contributed by atoms with Crippen LogP contribution in [0.2, 0.25) is 10.0 Å². The quantitative estimate of drug-likeness (QED) is 0.146. The van der Waals surface area contributed by atoms with Crippen LogP contribution in [0.3, 0.4) is 0 Å². The van der Waals surface area contributed by atoms with E-state index in [2.05, 4.69) is 15.5 Å². The molecule has 4 rings (SSSR count). The van der Waals surface area contributed by atoms with Gasteiger partial charge in [-0.1, -0.05) is 53.2 Å². The average Bonchev–Trinajstić information content (AvgIpc) is 3.28. The third-order valence-electron chi connectivity index (χ3n) is 4.65. The Balaban J connectivity index is 1.31. The van der Waals surface area contributed by atoms with Gasteiger partial charge >= 0.3 is 0 Å². The molecule has 0 fully saturated rings. The number of oxazole rings is 1. The molecule has 4 aromatic rings. The first kappa shape index (κ1) is 24.9. The van der Waals surface area contributed by atoms with E-state index in [9.17, 15) is 4.79 Å². The molecular formula is C25H21Cl2N3O4S. The van der Waals surface area contributed by atoms with Crippen LogP contribution < -0.4 is 14.9 Å². The molecular weight excluding hydrogens is 509 g/mol. The minimum absolute atomic E-state index is 0.121. The standard InChI is InChI=1S/C25H21Cl2N3O4S/c1-2-32-23-12-16(8-10-22(23)33-14-17-7-9-18(26)19(27)11-17)13-28-30-24(31)15-35-25-29-20-5-3-4-6-21(20)34-25/h3-13H,2,14-15H2,1H3,(H,30,31)/b28-13-. The number of hydrogen-bond donors (Lipinski definition) is 1. The van der Waals surface area contributed by atoms with Crippen molar-refractivity contribution in [3.05, 3.63) is 81.8 Å². The molecule has 1 aromatic heterocycles. The molecule has 35 heavy (non-hydrogen) atoms. The first-order valence-electron chi connectivity index (χ1n) is 10.7. The first-order valence-corrected chi connectivity index (χ1v) is 12.4. The maximum Gasteiger partial charge on any atom is 0.257 e. The summed E-state index contributed by atoms with van der Waals surface area (Å²) >= 11 is 13.2. The average molecular weight is 530 g/mol. The van der Waals surface area contributed by atoms with Gasteiger partial charge in [0.15, 0.2) is 17.1 Å². The zero-order valence-electron chi connectivity index (χ0n) is 18.7. The lowest BCUT2D eigenvalue weighted by Crippen LogP contribution is -2.19. The Morgan fingerprint density at radius 2 is 1.94 bits per heavy atom. The fourth-order valence-corrected chi connectivity index (χ4v) is 3.99. The van der Waals surface area contributed by atoms with Gasteiger partial charge in [0.05, 0.1) is 28.6 Å². The number of rotatable bonds is 10. The van der Waals surface area contributed by atoms with E-state index in [1.54, 1.807) is 24.3 Å². The van der Waals surface area contributed by atoms with E-state index in [-0.39, 0.29) is 11.7 Å². The Bertz CT molecular complexity index is 1330. The number of fused-ring (bicyclic) bond motifs is 1. The van der Waals surface area contributed by atoms with Crippen LogP contribution in [0, 0.1) is 0 Å². The Kier molecular flexibility index (Phi) is 8.52. The lowest BCUT2D eigenvalue weighted by atomic mass is 10.2. The normalized spacial score (nSPS) is 11.2. The molecule has 0 radical (unpaired) electrons. The van der Waals surface area contributed by atoms with Crippen molar-refractivity contribution in [1.29, 1.82) is 0 Å². The summed E-state index contributed by atoms with van der Waals surface area (Å²) < 4.78 is 17.2. The molecule has 7 nitrogen and oxygen atoms in total. The topological polar surface area (TPSA) is 86.0 Å². The molecule has 0 bridgehead atoms. The SMILES string of the molecule is CCOc1cc(/C=N\NC(=O)CSc2nc3ccccc3o2)ccc1OCc1ccc(Cl)c(Cl)c1. The molecule has 10 heteroatoms. The van der Waals surface area contributed by atoms with Gasteiger partial charge in [-0.15, -0.1) is 0 Å². The van der Waals surface area contributed by atoms with Crippen molar-refractivity contribution in [3.8, 4) is 11.5 Å². The Labute approximate surface area is 216 Å². The third kappa shape index (κ3) is 6.91. The molecule has 1 N–H and O–H groups in total. The van der Waals surface area contributed by atoms with Crippen LogP contribution in [0.1, 0.15) is 18.1 Å². The Morgan fingerprint density at radius 1 is 1.09 bits per heavy atom. The van der Waals surface area contributed by atoms with Gasteiger partial charge in [0.1, 0.15) is 12.1 Å². The summed E-state index contributed by atoms with van der Waals surface area (Å²) in [7, 11) is 0. The van der Waals surface area contributed by atoms with E-state index < -0.39 is 0 Å². The van der Waals surface area contributed by atoms with Crippen LogP contribution in [-0.4, -0.2) is 29.5 Å². The van der Waals surface area contributed by atoms with Crippen molar-refractivity contribution in [2.24, 2.45) is 5.10 Å². The van der Waals surface area contributed by atoms with Gasteiger partial charge < -0.3 is 13.9 Å². The predicted octanol–water partition coefficient (Wildman–Crippen LogP) is 6.35. The summed E-state index contributed by atoms with van der Waals surface area (Å²) in [6, 6.07) is 18.2. The van der Waals surface area contributed by atoms with Gasteiger partial charge in [-0.3, -0.25) is 4.79 Å². The summed E-state index contributed by atoms with van der Waals surface area (Å²) in [4.78, 5) is 16.5. The number of carbonyl (C=O) groups excluding carboxylic acids is 1. The highest BCUT2D eigenvalue weighted by molar-refractivity contribution is 7.99. The number of amides is 1. The van der Waals surface area contributed by atoms with Crippen LogP contribution in [0.25, 0.3) is 11.1 Å². The number of hydrazone groups is 1. The molecule has 1 heterocycles. The minimum Gasteiger partial charge on any atom is -0.490 e. The van der Waals surface area contributed by atoms with E-state index in [0.29, 0.717) is 45.6 Å². The molecule has 3 aromatic carbocycles. The highest BCUT2D eigenvalue weighted by Crippen LogP contribution is 2.30. The number of nitrogens with one attached hydrogen (secondary N) is 1. The molecule has 0 saturated carbocycles. The van der Waals surface area contributed by atoms with E-state index in [1.807, 2.05) is 43.3 Å². The zero-order valence-corrected chi connectivity index (χ0v) is 21.0. The van der Waals surface area contributed by atoms with Crippen LogP contribution in [0.15, 0.2) is 75.4 Å². The van der Waals surface area contributed by atoms with Crippen LogP contribution >= 0.6 is 35.0 Å². The third-order valence-corrected chi connectivity index (χ3v) is 6.22. The van der Waals surface area contributed by atoms with Gasteiger partial charge in [-0.2, -0.15) is 5.10 Å². The van der Waals surface area contributed by atoms with Crippen molar-refractivity contribution in [2.75, 3.05) is 12.4 Å². The summed E-state index contributed by atoms with van der Waals surface area (Å²) in [5, 5.41) is 5.42. The number of para-hydroxylation sites is 2. The van der Waals surface area contributed by atoms with Crippen molar-refractivity contribution in [3.63, 3.8) is 0 Å². The van der Waals surface area contributed by atoms with Crippen molar-refractivity contribution in [2.45, 2.75) is 18.8 Å². The molecule has 180 valence electrons. The smallest absolute Gasteiger partial charge is 0.257 e. The van der Waals surface area contributed by atoms with Gasteiger partial charge in [0.25, 0.3) is 11.1 Å². The first-order chi connectivity index (χ1) is 17.0. The number of ether oxygens (including phenoxy) is 2. The number of thioether (sulfide) groups is 1. The number of aromatic nitrogens is 1. The highest BCUT2D eigenvalue weighted by Gasteiger charge is 2.10. The molecule has 0 saturated heterocycles. The van der Waals surface area contributed by atoms with Gasteiger partial charge in [0, 0.05) is 0 Å².